The molecule has 180 valence electrons. The number of rotatable bonds is 6. The van der Waals surface area contributed by atoms with Crippen LogP contribution < -0.4 is 18.9 Å². The molecule has 0 spiro atoms. The summed E-state index contributed by atoms with van der Waals surface area (Å²) in [5.41, 5.74) is 8.14. The van der Waals surface area contributed by atoms with Crippen molar-refractivity contribution in [2.24, 2.45) is 7.05 Å². The first-order valence-electron chi connectivity index (χ1n) is 12.0. The highest BCUT2D eigenvalue weighted by Crippen LogP contribution is 2.39. The number of nitrogens with zero attached hydrogens (tertiary/aromatic N) is 2. The van der Waals surface area contributed by atoms with E-state index < -0.39 is 0 Å². The van der Waals surface area contributed by atoms with Gasteiger partial charge in [-0.05, 0) is 58.1 Å². The van der Waals surface area contributed by atoms with Gasteiger partial charge in [0.1, 0.15) is 5.52 Å². The fraction of sp³-hybridized carbons (Fsp3) is 0.156. The van der Waals surface area contributed by atoms with E-state index in [1.54, 1.807) is 14.2 Å². The van der Waals surface area contributed by atoms with Crippen molar-refractivity contribution in [2.45, 2.75) is 0 Å². The molecule has 0 unspecified atom stereocenters. The average molecular weight is 476 g/mol. The molecule has 4 aromatic carbocycles. The number of ether oxygens (including phenoxy) is 2. The highest BCUT2D eigenvalue weighted by Gasteiger charge is 2.23. The first-order valence-corrected chi connectivity index (χ1v) is 12.0. The molecular formula is C32H31N2O2+. The third kappa shape index (κ3) is 4.27. The minimum Gasteiger partial charge on any atom is -0.493 e. The molecule has 0 aliphatic heterocycles. The molecule has 0 N–H and O–H groups in total. The summed E-state index contributed by atoms with van der Waals surface area (Å²) >= 11 is 0. The number of hydrogen-bond acceptors (Lipinski definition) is 3. The van der Waals surface area contributed by atoms with Gasteiger partial charge in [-0.25, -0.2) is 4.57 Å². The van der Waals surface area contributed by atoms with Gasteiger partial charge in [0.15, 0.2) is 11.5 Å². The molecule has 0 aliphatic rings. The van der Waals surface area contributed by atoms with E-state index in [1.165, 1.54) is 22.3 Å². The lowest BCUT2D eigenvalue weighted by atomic mass is 9.93. The summed E-state index contributed by atoms with van der Waals surface area (Å²) in [6.07, 6.45) is 0. The normalized spacial score (nSPS) is 10.9. The molecule has 0 amide bonds. The van der Waals surface area contributed by atoms with Gasteiger partial charge in [0.05, 0.1) is 40.9 Å². The van der Waals surface area contributed by atoms with E-state index in [0.717, 1.165) is 39.3 Å². The zero-order chi connectivity index (χ0) is 25.2. The SMILES string of the molecule is COc1cc2cc(-c3cc(-c4ccccc4)cc(-c4ccccc4)c3)c(N(C)C)[n+](C)c2cc1OC. The summed E-state index contributed by atoms with van der Waals surface area (Å²) in [6, 6.07) is 34.3. The molecule has 0 saturated heterocycles. The number of fused-ring (bicyclic) bond motifs is 1. The molecule has 0 atom stereocenters. The van der Waals surface area contributed by atoms with Gasteiger partial charge in [-0.15, -0.1) is 0 Å². The maximum absolute atomic E-state index is 5.62. The molecule has 5 aromatic rings. The van der Waals surface area contributed by atoms with Gasteiger partial charge in [-0.1, -0.05) is 60.7 Å². The molecule has 0 aliphatic carbocycles. The summed E-state index contributed by atoms with van der Waals surface area (Å²) in [6.45, 7) is 0. The summed E-state index contributed by atoms with van der Waals surface area (Å²) in [5, 5.41) is 1.09. The first kappa shape index (κ1) is 23.4. The van der Waals surface area contributed by atoms with E-state index in [2.05, 4.69) is 122 Å². The van der Waals surface area contributed by atoms with E-state index in [1.807, 2.05) is 6.07 Å². The molecule has 0 bridgehead atoms. The molecule has 5 rings (SSSR count). The van der Waals surface area contributed by atoms with Crippen LogP contribution in [-0.2, 0) is 7.05 Å². The molecule has 1 aromatic heterocycles. The Labute approximate surface area is 213 Å². The Morgan fingerprint density at radius 1 is 0.583 bits per heavy atom. The van der Waals surface area contributed by atoms with Gasteiger partial charge in [0, 0.05) is 11.5 Å². The molecular weight excluding hydrogens is 444 g/mol. The Bertz CT molecular complexity index is 1470. The van der Waals surface area contributed by atoms with Crippen LogP contribution in [0.2, 0.25) is 0 Å². The summed E-state index contributed by atoms with van der Waals surface area (Å²) in [5.74, 6) is 2.55. The molecule has 4 nitrogen and oxygen atoms in total. The average Bonchev–Trinajstić information content (AvgIpc) is 2.92. The van der Waals surface area contributed by atoms with Crippen LogP contribution in [0.15, 0.2) is 97.1 Å². The Balaban J connectivity index is 1.82. The number of anilines is 1. The summed E-state index contributed by atoms with van der Waals surface area (Å²) in [4.78, 5) is 2.17. The molecule has 1 heterocycles. The van der Waals surface area contributed by atoms with Crippen LogP contribution in [0.1, 0.15) is 0 Å². The van der Waals surface area contributed by atoms with Crippen LogP contribution in [0.4, 0.5) is 5.82 Å². The lowest BCUT2D eigenvalue weighted by molar-refractivity contribution is -0.631. The van der Waals surface area contributed by atoms with Crippen molar-refractivity contribution < 1.29 is 14.0 Å². The van der Waals surface area contributed by atoms with Gasteiger partial charge >= 0.3 is 0 Å². The Hall–Kier alpha value is -4.31. The maximum Gasteiger partial charge on any atom is 0.284 e. The van der Waals surface area contributed by atoms with E-state index in [0.29, 0.717) is 0 Å². The van der Waals surface area contributed by atoms with Gasteiger partial charge in [-0.2, -0.15) is 0 Å². The van der Waals surface area contributed by atoms with Gasteiger partial charge in [-0.3, -0.25) is 4.90 Å². The van der Waals surface area contributed by atoms with E-state index in [-0.39, 0.29) is 0 Å². The van der Waals surface area contributed by atoms with Crippen molar-refractivity contribution in [3.63, 3.8) is 0 Å². The third-order valence-electron chi connectivity index (χ3n) is 6.63. The summed E-state index contributed by atoms with van der Waals surface area (Å²) in [7, 11) is 9.63. The minimum atomic E-state index is 0.718. The molecule has 4 heteroatoms. The number of methoxy groups -OCH3 is 2. The predicted molar refractivity (Wildman–Crippen MR) is 149 cm³/mol. The van der Waals surface area contributed by atoms with Crippen molar-refractivity contribution in [1.82, 2.24) is 0 Å². The zero-order valence-corrected chi connectivity index (χ0v) is 21.4. The molecule has 0 fully saturated rings. The quantitative estimate of drug-likeness (QED) is 0.254. The monoisotopic (exact) mass is 475 g/mol. The van der Waals surface area contributed by atoms with Crippen molar-refractivity contribution in [1.29, 1.82) is 0 Å². The number of aromatic nitrogens is 1. The van der Waals surface area contributed by atoms with Crippen LogP contribution in [0.3, 0.4) is 0 Å². The van der Waals surface area contributed by atoms with E-state index >= 15 is 0 Å². The fourth-order valence-electron chi connectivity index (χ4n) is 4.94. The standard InChI is InChI=1S/C32H31N2O2/c1-33(2)32-28(19-27-20-30(35-4)31(36-5)21-29(27)34(32)3)26-17-24(22-12-8-6-9-13-22)16-25(18-26)23-14-10-7-11-15-23/h6-21H,1-5H3/q+1. The largest absolute Gasteiger partial charge is 0.493 e. The molecule has 36 heavy (non-hydrogen) atoms. The lowest BCUT2D eigenvalue weighted by Gasteiger charge is -2.18. The lowest BCUT2D eigenvalue weighted by Crippen LogP contribution is -2.37. The van der Waals surface area contributed by atoms with Crippen LogP contribution in [-0.4, -0.2) is 28.3 Å². The second kappa shape index (κ2) is 9.74. The number of benzene rings is 4. The number of pyridine rings is 1. The van der Waals surface area contributed by atoms with Crippen LogP contribution in [0, 0.1) is 0 Å². The maximum atomic E-state index is 5.62. The fourth-order valence-corrected chi connectivity index (χ4v) is 4.94. The van der Waals surface area contributed by atoms with Gasteiger partial charge in [0.2, 0.25) is 0 Å². The smallest absolute Gasteiger partial charge is 0.284 e. The second-order valence-electron chi connectivity index (χ2n) is 9.13. The van der Waals surface area contributed by atoms with Crippen LogP contribution >= 0.6 is 0 Å². The first-order chi connectivity index (χ1) is 17.5. The van der Waals surface area contributed by atoms with E-state index in [4.69, 9.17) is 9.47 Å². The highest BCUT2D eigenvalue weighted by molar-refractivity contribution is 5.91. The van der Waals surface area contributed by atoms with Gasteiger partial charge < -0.3 is 9.47 Å². The molecule has 0 radical (unpaired) electrons. The van der Waals surface area contributed by atoms with Crippen molar-refractivity contribution in [3.8, 4) is 44.9 Å². The van der Waals surface area contributed by atoms with Crippen LogP contribution in [0.25, 0.3) is 44.3 Å². The minimum absolute atomic E-state index is 0.718. The summed E-state index contributed by atoms with van der Waals surface area (Å²) < 4.78 is 13.4. The predicted octanol–water partition coefficient (Wildman–Crippen LogP) is 6.75. The molecule has 0 saturated carbocycles. The van der Waals surface area contributed by atoms with Crippen LogP contribution in [0.5, 0.6) is 11.5 Å². The number of aryl methyl sites for hydroxylation is 1. The Kier molecular flexibility index (Phi) is 6.34. The topological polar surface area (TPSA) is 25.6 Å². The zero-order valence-electron chi connectivity index (χ0n) is 21.4. The van der Waals surface area contributed by atoms with Crippen molar-refractivity contribution in [2.75, 3.05) is 33.2 Å². The Morgan fingerprint density at radius 2 is 1.08 bits per heavy atom. The highest BCUT2D eigenvalue weighted by atomic mass is 16.5. The van der Waals surface area contributed by atoms with E-state index in [9.17, 15) is 0 Å². The van der Waals surface area contributed by atoms with Crippen molar-refractivity contribution in [3.05, 3.63) is 97.1 Å². The number of hydrogen-bond donors (Lipinski definition) is 0. The Morgan fingerprint density at radius 3 is 1.58 bits per heavy atom. The van der Waals surface area contributed by atoms with Crippen molar-refractivity contribution >= 4 is 16.7 Å². The van der Waals surface area contributed by atoms with Gasteiger partial charge in [0.25, 0.3) is 5.82 Å². The third-order valence-corrected chi connectivity index (χ3v) is 6.63. The second-order valence-corrected chi connectivity index (χ2v) is 9.13.